The average molecular weight is 401 g/mol. The van der Waals surface area contributed by atoms with E-state index in [0.29, 0.717) is 29.0 Å². The number of hydrogen-bond donors (Lipinski definition) is 2. The summed E-state index contributed by atoms with van der Waals surface area (Å²) in [5.41, 5.74) is 3.63. The molecule has 0 spiro atoms. The third-order valence-corrected chi connectivity index (χ3v) is 5.63. The van der Waals surface area contributed by atoms with E-state index in [0.717, 1.165) is 16.7 Å². The molecule has 1 heterocycles. The van der Waals surface area contributed by atoms with Gasteiger partial charge < -0.3 is 14.9 Å². The molecule has 4 atom stereocenters. The fourth-order valence-corrected chi connectivity index (χ4v) is 4.06. The Morgan fingerprint density at radius 1 is 1.04 bits per heavy atom. The number of benzene rings is 1. The molecule has 2 N–H and O–H groups in total. The molecule has 146 valence electrons. The molecule has 0 radical (unpaired) electrons. The van der Waals surface area contributed by atoms with Crippen molar-refractivity contribution in [2.24, 2.45) is 0 Å². The zero-order chi connectivity index (χ0) is 19.7. The van der Waals surface area contributed by atoms with Gasteiger partial charge in [0, 0.05) is 23.4 Å². The fraction of sp³-hybridized carbons (Fsp3) is 0.304. The first-order chi connectivity index (χ1) is 13.5. The van der Waals surface area contributed by atoms with E-state index < -0.39 is 24.5 Å². The lowest BCUT2D eigenvalue weighted by atomic mass is 9.94. The molecular weight excluding hydrogens is 379 g/mol. The maximum atomic E-state index is 15.4. The zero-order valence-corrected chi connectivity index (χ0v) is 16.0. The number of alkyl halides is 1. The summed E-state index contributed by atoms with van der Waals surface area (Å²) in [6, 6.07) is 18.5. The van der Waals surface area contributed by atoms with E-state index in [1.54, 1.807) is 18.2 Å². The molecule has 3 nitrogen and oxygen atoms in total. The molecule has 1 aromatic rings. The highest BCUT2D eigenvalue weighted by Crippen LogP contribution is 2.39. The largest absolute Gasteiger partial charge is 0.394 e. The van der Waals surface area contributed by atoms with Gasteiger partial charge in [-0.25, -0.2) is 4.39 Å². The van der Waals surface area contributed by atoms with E-state index in [4.69, 9.17) is 16.3 Å². The molecule has 1 fully saturated rings. The van der Waals surface area contributed by atoms with E-state index >= 15 is 4.39 Å². The van der Waals surface area contributed by atoms with Gasteiger partial charge in [0.25, 0.3) is 0 Å². The molecule has 0 saturated carbocycles. The minimum atomic E-state index is -1.37. The van der Waals surface area contributed by atoms with E-state index in [1.165, 1.54) is 0 Å². The lowest BCUT2D eigenvalue weighted by molar-refractivity contribution is -0.113. The summed E-state index contributed by atoms with van der Waals surface area (Å²) in [4.78, 5) is 0. The lowest BCUT2D eigenvalue weighted by Gasteiger charge is -2.32. The van der Waals surface area contributed by atoms with Crippen LogP contribution in [-0.4, -0.2) is 29.0 Å². The monoisotopic (exact) mass is 400 g/mol. The van der Waals surface area contributed by atoms with Gasteiger partial charge in [-0.3, -0.25) is 0 Å². The molecule has 0 aromatic heterocycles. The van der Waals surface area contributed by atoms with Crippen molar-refractivity contribution in [3.05, 3.63) is 82.4 Å². The minimum Gasteiger partial charge on any atom is -0.394 e. The summed E-state index contributed by atoms with van der Waals surface area (Å²) in [5.74, 6) is 0. The average Bonchev–Trinajstić information content (AvgIpc) is 2.97. The number of hydrogen-bond acceptors (Lipinski definition) is 3. The van der Waals surface area contributed by atoms with Crippen LogP contribution in [0, 0.1) is 0 Å². The Morgan fingerprint density at radius 2 is 1.75 bits per heavy atom. The SMILES string of the molecule is OCC1CC(O)CC(c2ccc(Cl)c(C(F)c3cc4cccccc-4c3)c2)O1. The van der Waals surface area contributed by atoms with E-state index in [-0.39, 0.29) is 6.61 Å². The maximum absolute atomic E-state index is 15.4. The van der Waals surface area contributed by atoms with Crippen molar-refractivity contribution in [2.45, 2.75) is 37.3 Å². The van der Waals surface area contributed by atoms with Crippen LogP contribution in [0.25, 0.3) is 11.1 Å². The Bertz CT molecular complexity index is 901. The van der Waals surface area contributed by atoms with Gasteiger partial charge in [-0.1, -0.05) is 48.0 Å². The fourth-order valence-electron chi connectivity index (χ4n) is 3.84. The summed E-state index contributed by atoms with van der Waals surface area (Å²) in [7, 11) is 0. The third-order valence-electron chi connectivity index (χ3n) is 5.29. The van der Waals surface area contributed by atoms with Crippen LogP contribution in [0.3, 0.4) is 0 Å². The number of fused-ring (bicyclic) bond motifs is 1. The second kappa shape index (κ2) is 8.18. The Balaban J connectivity index is 1.66. The van der Waals surface area contributed by atoms with E-state index in [2.05, 4.69) is 0 Å². The molecule has 5 heteroatoms. The molecule has 1 aromatic carbocycles. The Kier molecular flexibility index (Phi) is 5.65. The van der Waals surface area contributed by atoms with Crippen molar-refractivity contribution in [3.8, 4) is 11.1 Å². The van der Waals surface area contributed by atoms with Gasteiger partial charge in [0.05, 0.1) is 24.9 Å². The van der Waals surface area contributed by atoms with E-state index in [9.17, 15) is 10.2 Å². The molecule has 4 rings (SSSR count). The van der Waals surface area contributed by atoms with Gasteiger partial charge >= 0.3 is 0 Å². The molecule has 1 saturated heterocycles. The lowest BCUT2D eigenvalue weighted by Crippen LogP contribution is -2.33. The van der Waals surface area contributed by atoms with Crippen LogP contribution in [0.2, 0.25) is 5.02 Å². The molecule has 0 bridgehead atoms. The number of rotatable bonds is 4. The van der Waals surface area contributed by atoms with Crippen LogP contribution in [0.1, 0.15) is 41.8 Å². The van der Waals surface area contributed by atoms with Crippen LogP contribution < -0.4 is 0 Å². The first-order valence-corrected chi connectivity index (χ1v) is 9.79. The van der Waals surface area contributed by atoms with Crippen molar-refractivity contribution in [2.75, 3.05) is 6.61 Å². The van der Waals surface area contributed by atoms with Crippen molar-refractivity contribution < 1.29 is 19.3 Å². The molecule has 4 unspecified atom stereocenters. The second-order valence-electron chi connectivity index (χ2n) is 7.31. The number of aliphatic hydroxyl groups is 2. The summed E-state index contributed by atoms with van der Waals surface area (Å²) in [6.45, 7) is -0.155. The van der Waals surface area contributed by atoms with Gasteiger partial charge in [-0.05, 0) is 46.5 Å². The van der Waals surface area contributed by atoms with Gasteiger partial charge in [0.2, 0.25) is 0 Å². The standard InChI is InChI=1S/C23H22ClFO3/c24-21-7-6-16(22-12-18(27)11-19(13-26)28-22)10-20(21)23(25)17-8-14-4-2-1-3-5-15(14)9-17/h1-10,18-19,22-23,26-27H,11-13H2. The summed E-state index contributed by atoms with van der Waals surface area (Å²) >= 11 is 6.31. The zero-order valence-electron chi connectivity index (χ0n) is 15.3. The van der Waals surface area contributed by atoms with Crippen LogP contribution >= 0.6 is 11.6 Å². The minimum absolute atomic E-state index is 0.155. The van der Waals surface area contributed by atoms with Gasteiger partial charge in [0.15, 0.2) is 6.17 Å². The normalized spacial score (nSPS) is 23.6. The van der Waals surface area contributed by atoms with Gasteiger partial charge in [-0.2, -0.15) is 0 Å². The van der Waals surface area contributed by atoms with Crippen molar-refractivity contribution in [3.63, 3.8) is 0 Å². The van der Waals surface area contributed by atoms with Crippen LogP contribution in [0.4, 0.5) is 4.39 Å². The first kappa shape index (κ1) is 19.3. The van der Waals surface area contributed by atoms with Crippen LogP contribution in [0.5, 0.6) is 0 Å². The molecule has 1 aliphatic heterocycles. The maximum Gasteiger partial charge on any atom is 0.152 e. The Morgan fingerprint density at radius 3 is 2.43 bits per heavy atom. The van der Waals surface area contributed by atoms with Crippen molar-refractivity contribution >= 4 is 11.6 Å². The highest BCUT2D eigenvalue weighted by atomic mass is 35.5. The van der Waals surface area contributed by atoms with Crippen LogP contribution in [-0.2, 0) is 4.74 Å². The highest BCUT2D eigenvalue weighted by molar-refractivity contribution is 6.31. The molecule has 2 aliphatic carbocycles. The van der Waals surface area contributed by atoms with Gasteiger partial charge in [0.1, 0.15) is 0 Å². The topological polar surface area (TPSA) is 49.7 Å². The van der Waals surface area contributed by atoms with Crippen LogP contribution in [0.15, 0.2) is 60.7 Å². The molecular formula is C23H22ClFO3. The van der Waals surface area contributed by atoms with E-state index in [1.807, 2.05) is 42.5 Å². The summed E-state index contributed by atoms with van der Waals surface area (Å²) < 4.78 is 21.3. The second-order valence-corrected chi connectivity index (χ2v) is 7.72. The number of aliphatic hydroxyl groups excluding tert-OH is 2. The molecule has 28 heavy (non-hydrogen) atoms. The summed E-state index contributed by atoms with van der Waals surface area (Å²) in [5, 5.41) is 19.8. The summed E-state index contributed by atoms with van der Waals surface area (Å²) in [6.07, 6.45) is -1.94. The van der Waals surface area contributed by atoms with Crippen molar-refractivity contribution in [1.29, 1.82) is 0 Å². The molecule has 3 aliphatic rings. The number of ether oxygens (including phenoxy) is 1. The molecule has 0 amide bonds. The first-order valence-electron chi connectivity index (χ1n) is 9.41. The third kappa shape index (κ3) is 3.91. The van der Waals surface area contributed by atoms with Gasteiger partial charge in [-0.15, -0.1) is 0 Å². The predicted octanol–water partition coefficient (Wildman–Crippen LogP) is 5.08. The highest BCUT2D eigenvalue weighted by Gasteiger charge is 2.30. The Labute approximate surface area is 168 Å². The predicted molar refractivity (Wildman–Crippen MR) is 107 cm³/mol. The smallest absolute Gasteiger partial charge is 0.152 e. The Hall–Kier alpha value is -1.98. The number of halogens is 2. The van der Waals surface area contributed by atoms with Crippen molar-refractivity contribution in [1.82, 2.24) is 0 Å². The quantitative estimate of drug-likeness (QED) is 0.642.